The third-order valence-electron chi connectivity index (χ3n) is 4.21. The molecule has 1 N–H and O–H groups in total. The van der Waals surface area contributed by atoms with E-state index in [1.807, 2.05) is 0 Å². The molecule has 0 unspecified atom stereocenters. The van der Waals surface area contributed by atoms with Crippen LogP contribution in [0.5, 0.6) is 11.8 Å². The molecular formula is C20H20F2N4O4S. The molecular weight excluding hydrogens is 430 g/mol. The molecule has 3 rings (SSSR count). The molecule has 0 spiro atoms. The van der Waals surface area contributed by atoms with Gasteiger partial charge in [-0.3, -0.25) is 9.52 Å². The Kier molecular flexibility index (Phi) is 6.34. The molecule has 0 aliphatic carbocycles. The molecule has 31 heavy (non-hydrogen) atoms. The number of aryl methyl sites for hydroxylation is 2. The zero-order valence-electron chi connectivity index (χ0n) is 17.0. The van der Waals surface area contributed by atoms with Gasteiger partial charge in [-0.2, -0.15) is 9.97 Å². The van der Waals surface area contributed by atoms with Crippen molar-refractivity contribution in [1.82, 2.24) is 14.5 Å². The van der Waals surface area contributed by atoms with Gasteiger partial charge in [-0.25, -0.2) is 17.2 Å². The van der Waals surface area contributed by atoms with Gasteiger partial charge >= 0.3 is 6.01 Å². The number of halogens is 2. The monoisotopic (exact) mass is 450 g/mol. The van der Waals surface area contributed by atoms with Gasteiger partial charge in [0.15, 0.2) is 11.6 Å². The summed E-state index contributed by atoms with van der Waals surface area (Å²) in [6.07, 6.45) is 1.87. The molecule has 3 aromatic rings. The van der Waals surface area contributed by atoms with E-state index < -0.39 is 33.4 Å². The third-order valence-corrected chi connectivity index (χ3v) is 5.67. The van der Waals surface area contributed by atoms with E-state index in [4.69, 9.17) is 4.74 Å². The average molecular weight is 450 g/mol. The van der Waals surface area contributed by atoms with Crippen molar-refractivity contribution in [2.45, 2.75) is 20.3 Å². The lowest BCUT2D eigenvalue weighted by atomic mass is 10.1. The fourth-order valence-electron chi connectivity index (χ4n) is 2.84. The van der Waals surface area contributed by atoms with Crippen LogP contribution in [0, 0.1) is 18.6 Å². The second-order valence-corrected chi connectivity index (χ2v) is 8.66. The van der Waals surface area contributed by atoms with Gasteiger partial charge in [-0.05, 0) is 31.5 Å². The number of benzene rings is 1. The second-order valence-electron chi connectivity index (χ2n) is 6.82. The highest BCUT2D eigenvalue weighted by molar-refractivity contribution is 7.92. The van der Waals surface area contributed by atoms with E-state index in [-0.39, 0.29) is 22.8 Å². The molecule has 0 aliphatic heterocycles. The smallest absolute Gasteiger partial charge is 0.324 e. The Hall–Kier alpha value is -3.34. The number of nitrogens with zero attached hydrogens (tertiary/aromatic N) is 3. The molecule has 11 heteroatoms. The van der Waals surface area contributed by atoms with Crippen LogP contribution in [0.4, 0.5) is 14.6 Å². The summed E-state index contributed by atoms with van der Waals surface area (Å²) >= 11 is 0. The summed E-state index contributed by atoms with van der Waals surface area (Å²) in [6.45, 7) is 3.32. The lowest BCUT2D eigenvalue weighted by Crippen LogP contribution is -2.19. The van der Waals surface area contributed by atoms with Crippen LogP contribution < -0.4 is 15.0 Å². The molecule has 0 fully saturated rings. The zero-order valence-corrected chi connectivity index (χ0v) is 17.8. The van der Waals surface area contributed by atoms with E-state index in [0.29, 0.717) is 17.5 Å². The van der Waals surface area contributed by atoms with Crippen LogP contribution in [-0.2, 0) is 17.1 Å². The van der Waals surface area contributed by atoms with Crippen molar-refractivity contribution < 1.29 is 21.9 Å². The van der Waals surface area contributed by atoms with Gasteiger partial charge in [0.05, 0.1) is 11.4 Å². The average Bonchev–Trinajstić information content (AvgIpc) is 2.68. The molecule has 8 nitrogen and oxygen atoms in total. The number of hydrogen-bond acceptors (Lipinski definition) is 6. The van der Waals surface area contributed by atoms with Crippen molar-refractivity contribution in [1.29, 1.82) is 0 Å². The minimum atomic E-state index is -3.71. The van der Waals surface area contributed by atoms with Crippen molar-refractivity contribution in [2.75, 3.05) is 10.5 Å². The van der Waals surface area contributed by atoms with Gasteiger partial charge in [-0.15, -0.1) is 0 Å². The second kappa shape index (κ2) is 8.80. The maximum atomic E-state index is 14.0. The normalized spacial score (nSPS) is 11.4. The molecule has 0 amide bonds. The largest absolute Gasteiger partial charge is 0.418 e. The molecule has 1 aromatic carbocycles. The molecule has 2 aromatic heterocycles. The lowest BCUT2D eigenvalue weighted by Gasteiger charge is -2.12. The number of nitrogens with one attached hydrogen (secondary N) is 1. The van der Waals surface area contributed by atoms with Gasteiger partial charge in [-0.1, -0.05) is 13.0 Å². The number of ether oxygens (including phenoxy) is 1. The first kappa shape index (κ1) is 22.3. The number of hydrogen-bond donors (Lipinski definition) is 1. The minimum Gasteiger partial charge on any atom is -0.418 e. The summed E-state index contributed by atoms with van der Waals surface area (Å²) in [5.74, 6) is -2.96. The van der Waals surface area contributed by atoms with Gasteiger partial charge in [0.1, 0.15) is 5.82 Å². The van der Waals surface area contributed by atoms with Crippen molar-refractivity contribution in [3.8, 4) is 23.0 Å². The van der Waals surface area contributed by atoms with Gasteiger partial charge in [0.25, 0.3) is 5.56 Å². The van der Waals surface area contributed by atoms with Gasteiger partial charge in [0, 0.05) is 30.4 Å². The van der Waals surface area contributed by atoms with E-state index >= 15 is 0 Å². The number of rotatable bonds is 7. The summed E-state index contributed by atoms with van der Waals surface area (Å²) in [7, 11) is -2.16. The van der Waals surface area contributed by atoms with Crippen LogP contribution >= 0.6 is 0 Å². The summed E-state index contributed by atoms with van der Waals surface area (Å²) in [5.41, 5.74) is 0.854. The van der Waals surface area contributed by atoms with Crippen LogP contribution in [0.2, 0.25) is 0 Å². The van der Waals surface area contributed by atoms with Crippen LogP contribution in [0.15, 0.2) is 41.3 Å². The molecule has 2 heterocycles. The Morgan fingerprint density at radius 2 is 1.84 bits per heavy atom. The minimum absolute atomic E-state index is 0.142. The molecule has 0 radical (unpaired) electrons. The van der Waals surface area contributed by atoms with Crippen LogP contribution in [0.25, 0.3) is 11.3 Å². The molecule has 0 saturated carbocycles. The first-order valence-electron chi connectivity index (χ1n) is 9.28. The Morgan fingerprint density at radius 1 is 1.16 bits per heavy atom. The first-order valence-corrected chi connectivity index (χ1v) is 10.9. The Morgan fingerprint density at radius 3 is 2.45 bits per heavy atom. The molecule has 164 valence electrons. The highest BCUT2D eigenvalue weighted by Gasteiger charge is 2.18. The SMILES string of the molecule is CCCS(=O)(=O)Nc1cc(-c2cc(C)c(=O)n(C)c2)nc(Oc2c(F)cccc2F)n1. The number of aromatic nitrogens is 3. The van der Waals surface area contributed by atoms with E-state index in [1.165, 1.54) is 22.9 Å². The van der Waals surface area contributed by atoms with Gasteiger partial charge in [0.2, 0.25) is 15.8 Å². The number of anilines is 1. The van der Waals surface area contributed by atoms with E-state index in [1.54, 1.807) is 27.0 Å². The predicted molar refractivity (Wildman–Crippen MR) is 112 cm³/mol. The van der Waals surface area contributed by atoms with Crippen molar-refractivity contribution in [3.05, 3.63) is 64.1 Å². The van der Waals surface area contributed by atoms with Crippen LogP contribution in [-0.4, -0.2) is 28.7 Å². The van der Waals surface area contributed by atoms with Crippen molar-refractivity contribution in [2.24, 2.45) is 7.05 Å². The zero-order chi connectivity index (χ0) is 22.8. The molecule has 0 aliphatic rings. The quantitative estimate of drug-likeness (QED) is 0.592. The fourth-order valence-corrected chi connectivity index (χ4v) is 3.90. The molecule has 0 saturated heterocycles. The fraction of sp³-hybridized carbons (Fsp3) is 0.250. The summed E-state index contributed by atoms with van der Waals surface area (Å²) < 4.78 is 61.3. The number of pyridine rings is 1. The summed E-state index contributed by atoms with van der Waals surface area (Å²) in [5, 5.41) is 0. The summed E-state index contributed by atoms with van der Waals surface area (Å²) in [6, 6.07) is 5.61. The Labute approximate surface area is 177 Å². The Bertz CT molecular complexity index is 1250. The summed E-state index contributed by atoms with van der Waals surface area (Å²) in [4.78, 5) is 20.1. The standard InChI is InChI=1S/C20H20F2N4O4S/c1-4-8-31(28,29)25-17-10-16(13-9-12(2)19(27)26(3)11-13)23-20(24-17)30-18-14(21)6-5-7-15(18)22/h5-7,9-11H,4,8H2,1-3H3,(H,23,24,25). The first-order chi connectivity index (χ1) is 14.6. The predicted octanol–water partition coefficient (Wildman–Crippen LogP) is 3.37. The molecule has 0 bridgehead atoms. The lowest BCUT2D eigenvalue weighted by molar-refractivity contribution is 0.383. The number of sulfonamides is 1. The highest BCUT2D eigenvalue weighted by Crippen LogP contribution is 2.29. The van der Waals surface area contributed by atoms with E-state index in [9.17, 15) is 22.0 Å². The molecule has 0 atom stereocenters. The van der Waals surface area contributed by atoms with Crippen molar-refractivity contribution in [3.63, 3.8) is 0 Å². The maximum Gasteiger partial charge on any atom is 0.324 e. The van der Waals surface area contributed by atoms with Crippen LogP contribution in [0.1, 0.15) is 18.9 Å². The van der Waals surface area contributed by atoms with E-state index in [0.717, 1.165) is 12.1 Å². The Balaban J connectivity index is 2.13. The van der Waals surface area contributed by atoms with E-state index in [2.05, 4.69) is 14.7 Å². The topological polar surface area (TPSA) is 103 Å². The maximum absolute atomic E-state index is 14.0. The van der Waals surface area contributed by atoms with Crippen molar-refractivity contribution >= 4 is 15.8 Å². The number of para-hydroxylation sites is 1. The third kappa shape index (κ3) is 5.23. The highest BCUT2D eigenvalue weighted by atomic mass is 32.2. The van der Waals surface area contributed by atoms with Gasteiger partial charge < -0.3 is 9.30 Å². The van der Waals surface area contributed by atoms with Crippen LogP contribution in [0.3, 0.4) is 0 Å².